The number of ether oxygens (including phenoxy) is 2. The van der Waals surface area contributed by atoms with Gasteiger partial charge in [0.2, 0.25) is 5.88 Å². The highest BCUT2D eigenvalue weighted by Gasteiger charge is 2.22. The third kappa shape index (κ3) is 3.97. The summed E-state index contributed by atoms with van der Waals surface area (Å²) >= 11 is 5.80. The summed E-state index contributed by atoms with van der Waals surface area (Å²) in [7, 11) is 2.01. The zero-order valence-corrected chi connectivity index (χ0v) is 13.2. The van der Waals surface area contributed by atoms with E-state index < -0.39 is 0 Å². The van der Waals surface area contributed by atoms with Crippen molar-refractivity contribution in [3.05, 3.63) is 41.6 Å². The van der Waals surface area contributed by atoms with E-state index in [0.29, 0.717) is 24.1 Å². The summed E-state index contributed by atoms with van der Waals surface area (Å²) in [6.45, 7) is 3.73. The van der Waals surface area contributed by atoms with Gasteiger partial charge in [-0.05, 0) is 6.07 Å². The molecule has 3 rings (SSSR count). The Kier molecular flexibility index (Phi) is 4.92. The first kappa shape index (κ1) is 15.3. The number of halogens is 1. The van der Waals surface area contributed by atoms with Gasteiger partial charge in [0.05, 0.1) is 18.2 Å². The SMILES string of the molecule is Cn1ccnc1CN1CCOC(COc2ccc(Cl)cn2)C1. The monoisotopic (exact) mass is 322 g/mol. The minimum absolute atomic E-state index is 0.0338. The maximum absolute atomic E-state index is 5.80. The average Bonchev–Trinajstić information content (AvgIpc) is 2.92. The molecule has 6 nitrogen and oxygen atoms in total. The molecule has 0 aromatic carbocycles. The summed E-state index contributed by atoms with van der Waals surface area (Å²) in [6, 6.07) is 3.52. The minimum Gasteiger partial charge on any atom is -0.475 e. The van der Waals surface area contributed by atoms with Crippen LogP contribution in [0, 0.1) is 0 Å². The van der Waals surface area contributed by atoms with Gasteiger partial charge in [0.25, 0.3) is 0 Å². The molecule has 2 aromatic heterocycles. The van der Waals surface area contributed by atoms with E-state index in [4.69, 9.17) is 21.1 Å². The van der Waals surface area contributed by atoms with Crippen molar-refractivity contribution in [1.29, 1.82) is 0 Å². The molecule has 0 spiro atoms. The van der Waals surface area contributed by atoms with Crippen molar-refractivity contribution in [2.24, 2.45) is 7.05 Å². The Bertz CT molecular complexity index is 602. The van der Waals surface area contributed by atoms with E-state index >= 15 is 0 Å². The number of hydrogen-bond acceptors (Lipinski definition) is 5. The first-order valence-electron chi connectivity index (χ1n) is 7.25. The predicted molar refractivity (Wildman–Crippen MR) is 83.0 cm³/mol. The number of imidazole rings is 1. The lowest BCUT2D eigenvalue weighted by Gasteiger charge is -2.32. The largest absolute Gasteiger partial charge is 0.475 e. The smallest absolute Gasteiger partial charge is 0.213 e. The Balaban J connectivity index is 1.50. The summed E-state index contributed by atoms with van der Waals surface area (Å²) in [5.41, 5.74) is 0. The van der Waals surface area contributed by atoms with Gasteiger partial charge >= 0.3 is 0 Å². The molecule has 0 N–H and O–H groups in total. The number of morpholine rings is 1. The van der Waals surface area contributed by atoms with Crippen LogP contribution in [0.4, 0.5) is 0 Å². The van der Waals surface area contributed by atoms with E-state index in [0.717, 1.165) is 25.5 Å². The molecule has 1 unspecified atom stereocenters. The van der Waals surface area contributed by atoms with E-state index in [9.17, 15) is 0 Å². The Morgan fingerprint density at radius 1 is 1.41 bits per heavy atom. The Hall–Kier alpha value is -1.63. The second-order valence-corrected chi connectivity index (χ2v) is 5.74. The molecule has 1 fully saturated rings. The van der Waals surface area contributed by atoms with Gasteiger partial charge in [-0.3, -0.25) is 4.90 Å². The fourth-order valence-corrected chi connectivity index (χ4v) is 2.51. The van der Waals surface area contributed by atoms with E-state index in [1.807, 2.05) is 24.0 Å². The lowest BCUT2D eigenvalue weighted by Crippen LogP contribution is -2.44. The van der Waals surface area contributed by atoms with Gasteiger partial charge < -0.3 is 14.0 Å². The average molecular weight is 323 g/mol. The second-order valence-electron chi connectivity index (χ2n) is 5.31. The zero-order chi connectivity index (χ0) is 15.4. The van der Waals surface area contributed by atoms with Crippen molar-refractivity contribution in [3.63, 3.8) is 0 Å². The Morgan fingerprint density at radius 2 is 2.32 bits per heavy atom. The fourth-order valence-electron chi connectivity index (χ4n) is 2.40. The topological polar surface area (TPSA) is 52.4 Å². The van der Waals surface area contributed by atoms with E-state index in [2.05, 4.69) is 14.9 Å². The number of aryl methyl sites for hydroxylation is 1. The molecule has 1 saturated heterocycles. The van der Waals surface area contributed by atoms with Crippen LogP contribution in [-0.4, -0.2) is 51.8 Å². The van der Waals surface area contributed by atoms with Gasteiger partial charge in [-0.15, -0.1) is 0 Å². The van der Waals surface area contributed by atoms with Crippen molar-refractivity contribution in [2.45, 2.75) is 12.6 Å². The van der Waals surface area contributed by atoms with Crippen LogP contribution in [0.25, 0.3) is 0 Å². The van der Waals surface area contributed by atoms with Crippen LogP contribution >= 0.6 is 11.6 Å². The predicted octanol–water partition coefficient (Wildman–Crippen LogP) is 1.75. The third-order valence-electron chi connectivity index (χ3n) is 3.63. The molecule has 22 heavy (non-hydrogen) atoms. The molecule has 118 valence electrons. The van der Waals surface area contributed by atoms with Crippen LogP contribution < -0.4 is 4.74 Å². The molecular formula is C15H19ClN4O2. The van der Waals surface area contributed by atoms with Crippen molar-refractivity contribution < 1.29 is 9.47 Å². The molecule has 2 aromatic rings. The molecule has 1 atom stereocenters. The van der Waals surface area contributed by atoms with Crippen LogP contribution in [0.15, 0.2) is 30.7 Å². The number of nitrogens with zero attached hydrogens (tertiary/aromatic N) is 4. The molecule has 7 heteroatoms. The number of aromatic nitrogens is 3. The molecule has 1 aliphatic heterocycles. The molecule has 1 aliphatic rings. The molecular weight excluding hydrogens is 304 g/mol. The maximum Gasteiger partial charge on any atom is 0.213 e. The highest BCUT2D eigenvalue weighted by atomic mass is 35.5. The minimum atomic E-state index is 0.0338. The van der Waals surface area contributed by atoms with Gasteiger partial charge in [0.1, 0.15) is 18.5 Å². The molecule has 0 radical (unpaired) electrons. The van der Waals surface area contributed by atoms with Crippen LogP contribution in [-0.2, 0) is 18.3 Å². The standard InChI is InChI=1S/C15H19ClN4O2/c1-19-5-4-17-14(19)10-20-6-7-21-13(9-20)11-22-15-3-2-12(16)8-18-15/h2-5,8,13H,6-7,9-11H2,1H3. The Labute approximate surface area is 134 Å². The summed E-state index contributed by atoms with van der Waals surface area (Å²) in [5, 5.41) is 0.600. The van der Waals surface area contributed by atoms with Crippen LogP contribution in [0.1, 0.15) is 5.82 Å². The normalized spacial score (nSPS) is 19.3. The van der Waals surface area contributed by atoms with Crippen molar-refractivity contribution in [2.75, 3.05) is 26.3 Å². The first-order valence-corrected chi connectivity index (χ1v) is 7.63. The quantitative estimate of drug-likeness (QED) is 0.839. The summed E-state index contributed by atoms with van der Waals surface area (Å²) in [5.74, 6) is 1.62. The van der Waals surface area contributed by atoms with E-state index in [1.165, 1.54) is 0 Å². The van der Waals surface area contributed by atoms with Gasteiger partial charge in [-0.25, -0.2) is 9.97 Å². The first-order chi connectivity index (χ1) is 10.7. The van der Waals surface area contributed by atoms with Crippen molar-refractivity contribution >= 4 is 11.6 Å². The van der Waals surface area contributed by atoms with Gasteiger partial charge in [-0.2, -0.15) is 0 Å². The summed E-state index contributed by atoms with van der Waals surface area (Å²) in [6.07, 6.45) is 5.39. The van der Waals surface area contributed by atoms with Crippen molar-refractivity contribution in [1.82, 2.24) is 19.4 Å². The highest BCUT2D eigenvalue weighted by molar-refractivity contribution is 6.30. The number of pyridine rings is 1. The zero-order valence-electron chi connectivity index (χ0n) is 12.5. The second kappa shape index (κ2) is 7.09. The third-order valence-corrected chi connectivity index (χ3v) is 3.85. The molecule has 0 saturated carbocycles. The highest BCUT2D eigenvalue weighted by Crippen LogP contribution is 2.14. The van der Waals surface area contributed by atoms with Crippen LogP contribution in [0.2, 0.25) is 5.02 Å². The van der Waals surface area contributed by atoms with Crippen LogP contribution in [0.3, 0.4) is 0 Å². The fraction of sp³-hybridized carbons (Fsp3) is 0.467. The van der Waals surface area contributed by atoms with Gasteiger partial charge in [0, 0.05) is 44.8 Å². The van der Waals surface area contributed by atoms with Gasteiger partial charge in [-0.1, -0.05) is 11.6 Å². The molecule has 0 amide bonds. The number of rotatable bonds is 5. The van der Waals surface area contributed by atoms with Gasteiger partial charge in [0.15, 0.2) is 0 Å². The molecule has 3 heterocycles. The van der Waals surface area contributed by atoms with Crippen LogP contribution in [0.5, 0.6) is 5.88 Å². The number of hydrogen-bond donors (Lipinski definition) is 0. The summed E-state index contributed by atoms with van der Waals surface area (Å²) < 4.78 is 13.5. The van der Waals surface area contributed by atoms with Crippen molar-refractivity contribution in [3.8, 4) is 5.88 Å². The van der Waals surface area contributed by atoms with E-state index in [-0.39, 0.29) is 6.10 Å². The summed E-state index contributed by atoms with van der Waals surface area (Å²) in [4.78, 5) is 10.8. The lowest BCUT2D eigenvalue weighted by atomic mass is 10.3. The lowest BCUT2D eigenvalue weighted by molar-refractivity contribution is -0.0517. The van der Waals surface area contributed by atoms with E-state index in [1.54, 1.807) is 18.3 Å². The Morgan fingerprint density at radius 3 is 3.05 bits per heavy atom. The molecule has 0 bridgehead atoms. The molecule has 0 aliphatic carbocycles. The maximum atomic E-state index is 5.80.